The molecule has 0 aliphatic heterocycles. The Kier molecular flexibility index (Phi) is 2.68. The second kappa shape index (κ2) is 4.14. The average Bonchev–Trinajstić information content (AvgIpc) is 2.78. The Morgan fingerprint density at radius 2 is 1.75 bits per heavy atom. The van der Waals surface area contributed by atoms with E-state index in [2.05, 4.69) is 0 Å². The summed E-state index contributed by atoms with van der Waals surface area (Å²) in [7, 11) is 0. The molecule has 0 amide bonds. The maximum Gasteiger partial charge on any atom is 0.228 e. The number of carbonyl (C=O) groups is 2. The molecular weight excluding hydrogens is 204 g/mol. The van der Waals surface area contributed by atoms with Crippen molar-refractivity contribution in [2.75, 3.05) is 0 Å². The third-order valence-electron chi connectivity index (χ3n) is 2.29. The summed E-state index contributed by atoms with van der Waals surface area (Å²) in [4.78, 5) is 23.2. The van der Waals surface area contributed by atoms with Gasteiger partial charge in [0, 0.05) is 5.56 Å². The van der Waals surface area contributed by atoms with E-state index in [0.717, 1.165) is 0 Å². The van der Waals surface area contributed by atoms with Crippen LogP contribution in [0.3, 0.4) is 0 Å². The van der Waals surface area contributed by atoms with Gasteiger partial charge in [0.1, 0.15) is 0 Å². The van der Waals surface area contributed by atoms with Crippen LogP contribution in [-0.4, -0.2) is 11.6 Å². The number of carbonyl (C=O) groups excluding carboxylic acids is 2. The van der Waals surface area contributed by atoms with Gasteiger partial charge in [0.05, 0.1) is 11.8 Å². The first-order chi connectivity index (χ1) is 7.70. The maximum atomic E-state index is 12.0. The molecule has 2 aromatic rings. The SMILES string of the molecule is CC(=O)c1ccoc1C(=O)c1ccccc1. The van der Waals surface area contributed by atoms with Crippen molar-refractivity contribution in [1.29, 1.82) is 0 Å². The Bertz CT molecular complexity index is 523. The Morgan fingerprint density at radius 1 is 1.06 bits per heavy atom. The molecule has 1 heterocycles. The standard InChI is InChI=1S/C13H10O3/c1-9(14)11-7-8-16-13(11)12(15)10-5-3-2-4-6-10/h2-8H,1H3. The van der Waals surface area contributed by atoms with E-state index in [-0.39, 0.29) is 17.3 Å². The second-order valence-corrected chi connectivity index (χ2v) is 3.41. The maximum absolute atomic E-state index is 12.0. The molecule has 0 bridgehead atoms. The van der Waals surface area contributed by atoms with Crippen LogP contribution in [0.15, 0.2) is 47.1 Å². The highest BCUT2D eigenvalue weighted by Crippen LogP contribution is 2.16. The lowest BCUT2D eigenvalue weighted by Gasteiger charge is -1.98. The Labute approximate surface area is 92.7 Å². The van der Waals surface area contributed by atoms with Crippen LogP contribution >= 0.6 is 0 Å². The molecule has 2 rings (SSSR count). The van der Waals surface area contributed by atoms with Gasteiger partial charge in [-0.1, -0.05) is 30.3 Å². The van der Waals surface area contributed by atoms with E-state index in [0.29, 0.717) is 11.1 Å². The first-order valence-electron chi connectivity index (χ1n) is 4.88. The minimum atomic E-state index is -0.268. The molecule has 0 saturated carbocycles. The highest BCUT2D eigenvalue weighted by molar-refractivity contribution is 6.13. The van der Waals surface area contributed by atoms with Crippen molar-refractivity contribution in [3.63, 3.8) is 0 Å². The Morgan fingerprint density at radius 3 is 2.38 bits per heavy atom. The summed E-state index contributed by atoms with van der Waals surface area (Å²) in [6, 6.07) is 10.3. The van der Waals surface area contributed by atoms with Crippen molar-refractivity contribution in [3.05, 3.63) is 59.5 Å². The van der Waals surface area contributed by atoms with Crippen molar-refractivity contribution in [2.45, 2.75) is 6.92 Å². The highest BCUT2D eigenvalue weighted by Gasteiger charge is 2.19. The van der Waals surface area contributed by atoms with Crippen molar-refractivity contribution < 1.29 is 14.0 Å². The van der Waals surface area contributed by atoms with Gasteiger partial charge in [-0.15, -0.1) is 0 Å². The molecule has 0 radical (unpaired) electrons. The van der Waals surface area contributed by atoms with Crippen LogP contribution < -0.4 is 0 Å². The van der Waals surface area contributed by atoms with Crippen LogP contribution in [0.25, 0.3) is 0 Å². The van der Waals surface area contributed by atoms with Gasteiger partial charge < -0.3 is 4.42 Å². The Hall–Kier alpha value is -2.16. The van der Waals surface area contributed by atoms with E-state index in [1.165, 1.54) is 19.3 Å². The average molecular weight is 214 g/mol. The minimum absolute atomic E-state index is 0.110. The van der Waals surface area contributed by atoms with Crippen molar-refractivity contribution in [1.82, 2.24) is 0 Å². The fourth-order valence-electron chi connectivity index (χ4n) is 1.48. The summed E-state index contributed by atoms with van der Waals surface area (Å²) >= 11 is 0. The third-order valence-corrected chi connectivity index (χ3v) is 2.29. The number of furan rings is 1. The fraction of sp³-hybridized carbons (Fsp3) is 0.0769. The molecular formula is C13H10O3. The molecule has 0 saturated heterocycles. The Balaban J connectivity index is 2.42. The molecule has 1 aromatic carbocycles. The zero-order valence-electron chi connectivity index (χ0n) is 8.77. The predicted octanol–water partition coefficient (Wildman–Crippen LogP) is 2.71. The van der Waals surface area contributed by atoms with Gasteiger partial charge in [0.2, 0.25) is 5.78 Å². The van der Waals surface area contributed by atoms with Gasteiger partial charge in [-0.2, -0.15) is 0 Å². The number of hydrogen-bond acceptors (Lipinski definition) is 3. The van der Waals surface area contributed by atoms with Gasteiger partial charge in [-0.3, -0.25) is 9.59 Å². The van der Waals surface area contributed by atoms with Crippen molar-refractivity contribution in [2.24, 2.45) is 0 Å². The molecule has 3 nitrogen and oxygen atoms in total. The first-order valence-corrected chi connectivity index (χ1v) is 4.88. The number of rotatable bonds is 3. The van der Waals surface area contributed by atoms with E-state index >= 15 is 0 Å². The molecule has 1 aromatic heterocycles. The summed E-state index contributed by atoms with van der Waals surface area (Å²) in [5, 5.41) is 0. The summed E-state index contributed by atoms with van der Waals surface area (Å²) in [6.07, 6.45) is 1.35. The second-order valence-electron chi connectivity index (χ2n) is 3.41. The smallest absolute Gasteiger partial charge is 0.228 e. The van der Waals surface area contributed by atoms with Crippen LogP contribution in [0.5, 0.6) is 0 Å². The molecule has 0 fully saturated rings. The minimum Gasteiger partial charge on any atom is -0.460 e. The van der Waals surface area contributed by atoms with Gasteiger partial charge in [0.15, 0.2) is 11.5 Å². The third kappa shape index (κ3) is 1.80. The molecule has 0 atom stereocenters. The lowest BCUT2D eigenvalue weighted by molar-refractivity contribution is 0.0975. The number of ketones is 2. The largest absolute Gasteiger partial charge is 0.460 e. The molecule has 0 aliphatic rings. The van der Waals surface area contributed by atoms with E-state index in [1.54, 1.807) is 24.3 Å². The number of hydrogen-bond donors (Lipinski definition) is 0. The molecule has 16 heavy (non-hydrogen) atoms. The van der Waals surface area contributed by atoms with Gasteiger partial charge in [0.25, 0.3) is 0 Å². The molecule has 0 aliphatic carbocycles. The van der Waals surface area contributed by atoms with Gasteiger partial charge >= 0.3 is 0 Å². The predicted molar refractivity (Wildman–Crippen MR) is 58.6 cm³/mol. The zero-order valence-corrected chi connectivity index (χ0v) is 8.77. The first kappa shape index (κ1) is 10.4. The number of benzene rings is 1. The fourth-order valence-corrected chi connectivity index (χ4v) is 1.48. The van der Waals surface area contributed by atoms with E-state index in [1.807, 2.05) is 6.07 Å². The summed E-state index contributed by atoms with van der Waals surface area (Å²) in [5.74, 6) is -0.331. The van der Waals surface area contributed by atoms with E-state index < -0.39 is 0 Å². The quantitative estimate of drug-likeness (QED) is 0.738. The monoisotopic (exact) mass is 214 g/mol. The highest BCUT2D eigenvalue weighted by atomic mass is 16.3. The van der Waals surface area contributed by atoms with Crippen molar-refractivity contribution >= 4 is 11.6 Å². The summed E-state index contributed by atoms with van der Waals surface area (Å²) in [6.45, 7) is 1.41. The van der Waals surface area contributed by atoms with Crippen LogP contribution in [0.2, 0.25) is 0 Å². The van der Waals surface area contributed by atoms with E-state index in [9.17, 15) is 9.59 Å². The van der Waals surface area contributed by atoms with Gasteiger partial charge in [-0.05, 0) is 13.0 Å². The summed E-state index contributed by atoms with van der Waals surface area (Å²) < 4.78 is 5.07. The molecule has 0 spiro atoms. The van der Waals surface area contributed by atoms with Crippen LogP contribution in [-0.2, 0) is 0 Å². The van der Waals surface area contributed by atoms with Crippen molar-refractivity contribution in [3.8, 4) is 0 Å². The van der Waals surface area contributed by atoms with Crippen LogP contribution in [0.4, 0.5) is 0 Å². The molecule has 0 N–H and O–H groups in total. The van der Waals surface area contributed by atoms with E-state index in [4.69, 9.17) is 4.42 Å². The molecule has 0 unspecified atom stereocenters. The lowest BCUT2D eigenvalue weighted by atomic mass is 10.0. The molecule has 80 valence electrons. The van der Waals surface area contributed by atoms with Gasteiger partial charge in [-0.25, -0.2) is 0 Å². The topological polar surface area (TPSA) is 47.3 Å². The zero-order chi connectivity index (χ0) is 11.5. The lowest BCUT2D eigenvalue weighted by Crippen LogP contribution is -2.05. The normalized spacial score (nSPS) is 10.1. The number of Topliss-reactive ketones (excluding diaryl/α,β-unsaturated/α-hetero) is 1. The van der Waals surface area contributed by atoms with Crippen LogP contribution in [0, 0.1) is 0 Å². The van der Waals surface area contributed by atoms with Crippen LogP contribution in [0.1, 0.15) is 33.4 Å². The molecule has 3 heteroatoms. The summed E-state index contributed by atoms with van der Waals surface area (Å²) in [5.41, 5.74) is 0.841.